The van der Waals surface area contributed by atoms with Gasteiger partial charge in [-0.1, -0.05) is 6.58 Å². The molecule has 0 aromatic carbocycles. The van der Waals surface area contributed by atoms with Gasteiger partial charge >= 0.3 is 0 Å². The monoisotopic (exact) mass is 240 g/mol. The Bertz CT molecular complexity index is 345. The maximum Gasteiger partial charge on any atom is 0.253 e. The van der Waals surface area contributed by atoms with Gasteiger partial charge in [0.1, 0.15) is 0 Å². The van der Waals surface area contributed by atoms with Crippen LogP contribution < -0.4 is 10.6 Å². The summed E-state index contributed by atoms with van der Waals surface area (Å²) in [6.45, 7) is 9.85. The molecule has 0 atom stereocenters. The van der Waals surface area contributed by atoms with Crippen LogP contribution in [0.5, 0.6) is 0 Å². The summed E-state index contributed by atoms with van der Waals surface area (Å²) in [5.41, 5.74) is -2.04. The molecule has 0 unspecified atom stereocenters. The van der Waals surface area contributed by atoms with Crippen molar-refractivity contribution >= 4 is 11.8 Å². The minimum atomic E-state index is -1.04. The number of carbonyl (C=O) groups excluding carboxylic acids is 2. The smallest absolute Gasteiger partial charge is 0.253 e. The van der Waals surface area contributed by atoms with E-state index in [1.807, 2.05) is 0 Å². The van der Waals surface area contributed by atoms with Gasteiger partial charge in [-0.15, -0.1) is 0 Å². The first kappa shape index (κ1) is 15.3. The maximum atomic E-state index is 11.6. The fourth-order valence-corrected chi connectivity index (χ4v) is 0.916. The standard InChI is InChI=1S/C11H20N4O2/c1-7-13-9(17)11(4,5)15-14-10(2,3)8(16)12-6/h7H,1H2,2-6H3,(H,12,16)(H,13,17)/b15-14+. The number of azo groups is 1. The third-order valence-electron chi connectivity index (χ3n) is 2.12. The number of hydrogen-bond donors (Lipinski definition) is 2. The molecule has 0 aliphatic carbocycles. The molecule has 0 bridgehead atoms. The molecule has 2 N–H and O–H groups in total. The van der Waals surface area contributed by atoms with Crippen LogP contribution in [0.15, 0.2) is 23.0 Å². The van der Waals surface area contributed by atoms with E-state index in [2.05, 4.69) is 27.4 Å². The van der Waals surface area contributed by atoms with Gasteiger partial charge in [0.2, 0.25) is 5.91 Å². The summed E-state index contributed by atoms with van der Waals surface area (Å²) in [4.78, 5) is 23.0. The molecule has 0 aliphatic heterocycles. The zero-order valence-corrected chi connectivity index (χ0v) is 11.0. The summed E-state index contributed by atoms with van der Waals surface area (Å²) < 4.78 is 0. The van der Waals surface area contributed by atoms with Gasteiger partial charge in [-0.2, -0.15) is 10.2 Å². The molecule has 0 aromatic rings. The lowest BCUT2D eigenvalue weighted by molar-refractivity contribution is -0.126. The van der Waals surface area contributed by atoms with E-state index in [4.69, 9.17) is 0 Å². The Balaban J connectivity index is 4.87. The Morgan fingerprint density at radius 2 is 1.47 bits per heavy atom. The van der Waals surface area contributed by atoms with E-state index in [9.17, 15) is 9.59 Å². The van der Waals surface area contributed by atoms with Gasteiger partial charge in [-0.05, 0) is 33.9 Å². The molecule has 0 rings (SSSR count). The molecule has 2 amide bonds. The summed E-state index contributed by atoms with van der Waals surface area (Å²) >= 11 is 0. The summed E-state index contributed by atoms with van der Waals surface area (Å²) in [7, 11) is 1.52. The molecule has 0 radical (unpaired) electrons. The van der Waals surface area contributed by atoms with Crippen LogP contribution in [0.1, 0.15) is 27.7 Å². The number of nitrogens with zero attached hydrogens (tertiary/aromatic N) is 2. The van der Waals surface area contributed by atoms with E-state index >= 15 is 0 Å². The number of rotatable bonds is 5. The van der Waals surface area contributed by atoms with E-state index < -0.39 is 11.1 Å². The molecule has 17 heavy (non-hydrogen) atoms. The lowest BCUT2D eigenvalue weighted by Crippen LogP contribution is -2.41. The second-order valence-electron chi connectivity index (χ2n) is 4.57. The Kier molecular flexibility index (Phi) is 5.00. The lowest BCUT2D eigenvalue weighted by Gasteiger charge is -2.20. The molecule has 0 spiro atoms. The van der Waals surface area contributed by atoms with Crippen molar-refractivity contribution in [1.29, 1.82) is 0 Å². The first-order valence-electron chi connectivity index (χ1n) is 5.25. The number of likely N-dealkylation sites (N-methyl/N-ethyl adjacent to an activating group) is 1. The zero-order valence-electron chi connectivity index (χ0n) is 11.0. The van der Waals surface area contributed by atoms with Gasteiger partial charge in [0, 0.05) is 7.05 Å². The van der Waals surface area contributed by atoms with E-state index in [-0.39, 0.29) is 11.8 Å². The van der Waals surface area contributed by atoms with Gasteiger partial charge in [-0.25, -0.2) is 0 Å². The molecular formula is C11H20N4O2. The molecule has 0 aliphatic rings. The zero-order chi connectivity index (χ0) is 13.7. The molecule has 0 aromatic heterocycles. The van der Waals surface area contributed by atoms with E-state index in [0.29, 0.717) is 0 Å². The Morgan fingerprint density at radius 3 is 1.82 bits per heavy atom. The summed E-state index contributed by atoms with van der Waals surface area (Å²) in [6, 6.07) is 0. The van der Waals surface area contributed by atoms with Crippen LogP contribution in [0.25, 0.3) is 0 Å². The predicted octanol–water partition coefficient (Wildman–Crippen LogP) is 1.00. The fourth-order valence-electron chi connectivity index (χ4n) is 0.916. The molecule has 0 saturated heterocycles. The van der Waals surface area contributed by atoms with Crippen molar-refractivity contribution in [3.63, 3.8) is 0 Å². The largest absolute Gasteiger partial charge is 0.357 e. The molecule has 0 saturated carbocycles. The Hall–Kier alpha value is -1.72. The SMILES string of the molecule is C=CNC(=O)C(C)(C)/N=N/C(C)(C)C(=O)NC. The minimum absolute atomic E-state index is 0.263. The summed E-state index contributed by atoms with van der Waals surface area (Å²) in [6.07, 6.45) is 1.28. The van der Waals surface area contributed by atoms with Crippen LogP contribution in [-0.4, -0.2) is 29.9 Å². The number of nitrogens with one attached hydrogen (secondary N) is 2. The van der Waals surface area contributed by atoms with E-state index in [1.54, 1.807) is 27.7 Å². The highest BCUT2D eigenvalue weighted by atomic mass is 16.2. The first-order valence-corrected chi connectivity index (χ1v) is 5.25. The van der Waals surface area contributed by atoms with Gasteiger partial charge in [0.05, 0.1) is 0 Å². The van der Waals surface area contributed by atoms with Crippen molar-refractivity contribution in [2.24, 2.45) is 10.2 Å². The highest BCUT2D eigenvalue weighted by Crippen LogP contribution is 2.16. The lowest BCUT2D eigenvalue weighted by atomic mass is 10.1. The van der Waals surface area contributed by atoms with Crippen LogP contribution in [0.3, 0.4) is 0 Å². The molecular weight excluding hydrogens is 220 g/mol. The highest BCUT2D eigenvalue weighted by Gasteiger charge is 2.31. The van der Waals surface area contributed by atoms with Gasteiger partial charge < -0.3 is 10.6 Å². The topological polar surface area (TPSA) is 82.9 Å². The Labute approximate surface area is 102 Å². The first-order chi connectivity index (χ1) is 7.67. The van der Waals surface area contributed by atoms with Crippen LogP contribution in [0, 0.1) is 0 Å². The summed E-state index contributed by atoms with van der Waals surface area (Å²) in [5, 5.41) is 12.8. The maximum absolute atomic E-state index is 11.6. The van der Waals surface area contributed by atoms with Crippen molar-refractivity contribution in [3.05, 3.63) is 12.8 Å². The molecule has 96 valence electrons. The molecule has 6 heteroatoms. The van der Waals surface area contributed by atoms with E-state index in [1.165, 1.54) is 13.2 Å². The second-order valence-corrected chi connectivity index (χ2v) is 4.57. The molecule has 0 fully saturated rings. The number of carbonyl (C=O) groups is 2. The highest BCUT2D eigenvalue weighted by molar-refractivity contribution is 5.87. The Morgan fingerprint density at radius 1 is 1.06 bits per heavy atom. The van der Waals surface area contributed by atoms with Crippen molar-refractivity contribution < 1.29 is 9.59 Å². The third kappa shape index (κ3) is 4.34. The average molecular weight is 240 g/mol. The fraction of sp³-hybridized carbons (Fsp3) is 0.636. The molecule has 6 nitrogen and oxygen atoms in total. The third-order valence-corrected chi connectivity index (χ3v) is 2.12. The number of amides is 2. The quantitative estimate of drug-likeness (QED) is 0.703. The van der Waals surface area contributed by atoms with Crippen LogP contribution in [0.2, 0.25) is 0 Å². The average Bonchev–Trinajstić information content (AvgIpc) is 2.26. The van der Waals surface area contributed by atoms with Crippen molar-refractivity contribution in [3.8, 4) is 0 Å². The van der Waals surface area contributed by atoms with E-state index in [0.717, 1.165) is 0 Å². The van der Waals surface area contributed by atoms with Crippen LogP contribution in [0.4, 0.5) is 0 Å². The van der Waals surface area contributed by atoms with Crippen LogP contribution in [-0.2, 0) is 9.59 Å². The normalized spacial score (nSPS) is 12.3. The predicted molar refractivity (Wildman–Crippen MR) is 65.4 cm³/mol. The van der Waals surface area contributed by atoms with Gasteiger partial charge in [-0.3, -0.25) is 9.59 Å². The van der Waals surface area contributed by atoms with Crippen molar-refractivity contribution in [1.82, 2.24) is 10.6 Å². The van der Waals surface area contributed by atoms with Crippen LogP contribution >= 0.6 is 0 Å². The minimum Gasteiger partial charge on any atom is -0.357 e. The van der Waals surface area contributed by atoms with Crippen molar-refractivity contribution in [2.45, 2.75) is 38.8 Å². The summed E-state index contributed by atoms with van der Waals surface area (Å²) in [5.74, 6) is -0.592. The van der Waals surface area contributed by atoms with Gasteiger partial charge in [0.15, 0.2) is 11.1 Å². The second kappa shape index (κ2) is 5.56. The van der Waals surface area contributed by atoms with Gasteiger partial charge in [0.25, 0.3) is 5.91 Å². The number of hydrogen-bond acceptors (Lipinski definition) is 4. The van der Waals surface area contributed by atoms with Crippen molar-refractivity contribution in [2.75, 3.05) is 7.05 Å². The molecule has 0 heterocycles.